The van der Waals surface area contributed by atoms with E-state index >= 15 is 0 Å². The molecule has 0 atom stereocenters. The van der Waals surface area contributed by atoms with E-state index in [1.165, 1.54) is 12.3 Å². The van der Waals surface area contributed by atoms with Gasteiger partial charge in [-0.1, -0.05) is 0 Å². The van der Waals surface area contributed by atoms with Crippen LogP contribution in [0, 0.1) is 0 Å². The summed E-state index contributed by atoms with van der Waals surface area (Å²) in [5.41, 5.74) is 0.116. The van der Waals surface area contributed by atoms with Gasteiger partial charge in [-0.3, -0.25) is 5.10 Å². The topological polar surface area (TPSA) is 66.0 Å². The molecule has 1 aromatic rings. The Hall–Kier alpha value is -0.320. The first-order valence-corrected chi connectivity index (χ1v) is 2.03. The first kappa shape index (κ1) is 8.68. The fourth-order valence-corrected chi connectivity index (χ4v) is 0.375. The van der Waals surface area contributed by atoms with Gasteiger partial charge in [0.05, 0.1) is 0 Å². The van der Waals surface area contributed by atoms with Crippen molar-refractivity contribution >= 4 is 5.97 Å². The Morgan fingerprint density at radius 1 is 1.89 bits per heavy atom. The van der Waals surface area contributed by atoms with Crippen molar-refractivity contribution in [2.45, 2.75) is 0 Å². The van der Waals surface area contributed by atoms with Crippen LogP contribution in [0.5, 0.6) is 0 Å². The van der Waals surface area contributed by atoms with E-state index in [0.717, 1.165) is 0 Å². The van der Waals surface area contributed by atoms with Crippen molar-refractivity contribution in [3.63, 3.8) is 0 Å². The molecule has 0 aliphatic rings. The van der Waals surface area contributed by atoms with Crippen LogP contribution in [0.1, 0.15) is 11.9 Å². The van der Waals surface area contributed by atoms with Gasteiger partial charge >= 0.3 is 35.5 Å². The maximum atomic E-state index is 9.99. The average molecular weight is 136 g/mol. The van der Waals surface area contributed by atoms with E-state index in [2.05, 4.69) is 10.2 Å². The van der Waals surface area contributed by atoms with Gasteiger partial charge in [-0.25, -0.2) is 4.79 Å². The molecule has 0 spiro atoms. The summed E-state index contributed by atoms with van der Waals surface area (Å²) in [5.74, 6) is -0.984. The molecular formula is C4H5N2NaO2. The molecule has 1 aromatic heterocycles. The van der Waals surface area contributed by atoms with Crippen LogP contribution in [0.15, 0.2) is 12.3 Å². The molecule has 44 valence electrons. The summed E-state index contributed by atoms with van der Waals surface area (Å²) in [6, 6.07) is 1.39. The molecule has 0 fully saturated rings. The molecule has 0 unspecified atom stereocenters. The van der Waals surface area contributed by atoms with Crippen molar-refractivity contribution in [3.05, 3.63) is 18.0 Å². The van der Waals surface area contributed by atoms with Crippen LogP contribution in [0.4, 0.5) is 0 Å². The molecule has 9 heavy (non-hydrogen) atoms. The Balaban J connectivity index is 0. The number of hydrogen-bond acceptors (Lipinski definition) is 2. The molecule has 5 heteroatoms. The molecule has 0 aromatic carbocycles. The quantitative estimate of drug-likeness (QED) is 0.410. The molecular weight excluding hydrogens is 131 g/mol. The smallest absolute Gasteiger partial charge is 1.00 e. The van der Waals surface area contributed by atoms with Crippen LogP contribution in [0.3, 0.4) is 0 Å². The third-order valence-electron chi connectivity index (χ3n) is 0.731. The van der Waals surface area contributed by atoms with E-state index in [-0.39, 0.29) is 36.7 Å². The van der Waals surface area contributed by atoms with Crippen molar-refractivity contribution in [1.29, 1.82) is 0 Å². The summed E-state index contributed by atoms with van der Waals surface area (Å²) in [5, 5.41) is 13.9. The molecule has 0 saturated heterocycles. The number of carboxylic acids is 1. The number of nitrogens with one attached hydrogen (secondary N) is 1. The second-order valence-electron chi connectivity index (χ2n) is 1.28. The molecule has 4 nitrogen and oxygen atoms in total. The number of aromatic carboxylic acids is 1. The van der Waals surface area contributed by atoms with Crippen LogP contribution in [-0.2, 0) is 0 Å². The van der Waals surface area contributed by atoms with Gasteiger partial charge in [0.1, 0.15) is 5.69 Å². The van der Waals surface area contributed by atoms with E-state index in [0.29, 0.717) is 0 Å². The number of H-pyrrole nitrogens is 1. The van der Waals surface area contributed by atoms with Crippen molar-refractivity contribution in [3.8, 4) is 0 Å². The van der Waals surface area contributed by atoms with Gasteiger partial charge in [0, 0.05) is 6.20 Å². The van der Waals surface area contributed by atoms with Gasteiger partial charge in [0.15, 0.2) is 0 Å². The van der Waals surface area contributed by atoms with E-state index in [4.69, 9.17) is 5.11 Å². The monoisotopic (exact) mass is 136 g/mol. The molecule has 1 rings (SSSR count). The van der Waals surface area contributed by atoms with Crippen molar-refractivity contribution in [2.75, 3.05) is 0 Å². The molecule has 1 heterocycles. The maximum absolute atomic E-state index is 9.99. The van der Waals surface area contributed by atoms with Crippen molar-refractivity contribution in [1.82, 2.24) is 10.2 Å². The third kappa shape index (κ3) is 2.17. The van der Waals surface area contributed by atoms with Crippen LogP contribution in [0.2, 0.25) is 0 Å². The first-order chi connectivity index (χ1) is 3.80. The summed E-state index contributed by atoms with van der Waals surface area (Å²) in [6.07, 6.45) is 1.39. The van der Waals surface area contributed by atoms with E-state index < -0.39 is 5.97 Å². The minimum Gasteiger partial charge on any atom is -1.00 e. The predicted octanol–water partition coefficient (Wildman–Crippen LogP) is -2.78. The molecule has 0 bridgehead atoms. The van der Waals surface area contributed by atoms with Gasteiger partial charge in [-0.05, 0) is 6.07 Å². The summed E-state index contributed by atoms with van der Waals surface area (Å²) < 4.78 is 0. The Morgan fingerprint density at radius 3 is 2.78 bits per heavy atom. The normalized spacial score (nSPS) is 8.00. The summed E-state index contributed by atoms with van der Waals surface area (Å²) in [7, 11) is 0. The van der Waals surface area contributed by atoms with Gasteiger partial charge in [-0.2, -0.15) is 5.10 Å². The molecule has 0 radical (unpaired) electrons. The van der Waals surface area contributed by atoms with Crippen molar-refractivity contribution in [2.24, 2.45) is 0 Å². The Morgan fingerprint density at radius 2 is 2.56 bits per heavy atom. The molecule has 0 aliphatic carbocycles. The van der Waals surface area contributed by atoms with Gasteiger partial charge < -0.3 is 6.53 Å². The van der Waals surface area contributed by atoms with Crippen LogP contribution >= 0.6 is 0 Å². The van der Waals surface area contributed by atoms with Gasteiger partial charge in [0.25, 0.3) is 0 Å². The second kappa shape index (κ2) is 3.66. The molecule has 0 amide bonds. The number of carbonyl (C=O) groups is 1. The molecule has 0 saturated carbocycles. The van der Waals surface area contributed by atoms with E-state index in [9.17, 15) is 4.79 Å². The van der Waals surface area contributed by atoms with Crippen molar-refractivity contribution < 1.29 is 40.9 Å². The maximum Gasteiger partial charge on any atom is 1.00 e. The summed E-state index contributed by atoms with van der Waals surface area (Å²) in [6.45, 7) is 0. The fourth-order valence-electron chi connectivity index (χ4n) is 0.375. The second-order valence-corrected chi connectivity index (χ2v) is 1.28. The van der Waals surface area contributed by atoms with Gasteiger partial charge in [0.2, 0.25) is 0 Å². The van der Waals surface area contributed by atoms with Crippen LogP contribution in [-0.4, -0.2) is 21.3 Å². The zero-order valence-electron chi connectivity index (χ0n) is 5.96. The largest absolute Gasteiger partial charge is 1.00 e. The van der Waals surface area contributed by atoms with Gasteiger partial charge in [-0.15, -0.1) is 0 Å². The molecule has 2 N–H and O–H groups in total. The SMILES string of the molecule is O=C(O)c1ccn[nH]1.[H-].[Na+]. The first-order valence-electron chi connectivity index (χ1n) is 2.03. The fraction of sp³-hybridized carbons (Fsp3) is 0. The number of nitrogens with zero attached hydrogens (tertiary/aromatic N) is 1. The number of hydrogen-bond donors (Lipinski definition) is 2. The summed E-state index contributed by atoms with van der Waals surface area (Å²) >= 11 is 0. The Kier molecular flexibility index (Phi) is 3.53. The van der Waals surface area contributed by atoms with E-state index in [1.807, 2.05) is 0 Å². The average Bonchev–Trinajstić information content (AvgIpc) is 2.12. The third-order valence-corrected chi connectivity index (χ3v) is 0.731. The minimum atomic E-state index is -0.984. The molecule has 0 aliphatic heterocycles. The standard InChI is InChI=1S/C4H4N2O2.Na.H/c7-4(8)3-1-2-5-6-3;;/h1-2H,(H,5,6)(H,7,8);;/q;+1;-1. The van der Waals surface area contributed by atoms with E-state index in [1.54, 1.807) is 0 Å². The Labute approximate surface area is 75.0 Å². The summed E-state index contributed by atoms with van der Waals surface area (Å²) in [4.78, 5) is 9.99. The van der Waals surface area contributed by atoms with Crippen LogP contribution < -0.4 is 29.6 Å². The zero-order valence-corrected chi connectivity index (χ0v) is 6.96. The minimum absolute atomic E-state index is 0. The predicted molar refractivity (Wildman–Crippen MR) is 26.7 cm³/mol. The zero-order chi connectivity index (χ0) is 5.98. The Bertz CT molecular complexity index is 189. The number of aromatic nitrogens is 2. The number of aromatic amines is 1. The number of rotatable bonds is 1. The van der Waals surface area contributed by atoms with Crippen LogP contribution in [0.25, 0.3) is 0 Å². The number of carboxylic acid groups (broad SMARTS) is 1.